The molecule has 0 radical (unpaired) electrons. The van der Waals surface area contributed by atoms with Gasteiger partial charge in [0, 0.05) is 19.2 Å². The van der Waals surface area contributed by atoms with Crippen molar-refractivity contribution in [2.45, 2.75) is 6.54 Å². The molecule has 0 saturated carbocycles. The second-order valence-electron chi connectivity index (χ2n) is 6.00. The van der Waals surface area contributed by atoms with Gasteiger partial charge < -0.3 is 10.6 Å². The van der Waals surface area contributed by atoms with E-state index in [0.717, 1.165) is 22.1 Å². The molecule has 0 aliphatic carbocycles. The second-order valence-corrected chi connectivity index (χ2v) is 6.00. The van der Waals surface area contributed by atoms with Gasteiger partial charge >= 0.3 is 0 Å². The first-order valence-corrected chi connectivity index (χ1v) is 7.94. The van der Waals surface area contributed by atoms with Crippen molar-refractivity contribution >= 4 is 28.3 Å². The highest BCUT2D eigenvalue weighted by Crippen LogP contribution is 2.21. The van der Waals surface area contributed by atoms with Gasteiger partial charge in [-0.05, 0) is 23.8 Å². The molecular formula is C19H17N5O. The summed E-state index contributed by atoms with van der Waals surface area (Å²) in [4.78, 5) is 23.0. The monoisotopic (exact) mass is 331 g/mol. The molecule has 0 spiro atoms. The van der Waals surface area contributed by atoms with Gasteiger partial charge in [-0.2, -0.15) is 0 Å². The van der Waals surface area contributed by atoms with Crippen molar-refractivity contribution in [3.63, 3.8) is 0 Å². The zero-order chi connectivity index (χ0) is 17.4. The van der Waals surface area contributed by atoms with Crippen molar-refractivity contribution in [1.82, 2.24) is 19.3 Å². The molecular weight excluding hydrogens is 314 g/mol. The minimum absolute atomic E-state index is 0.0455. The lowest BCUT2D eigenvalue weighted by Crippen LogP contribution is -2.26. The summed E-state index contributed by atoms with van der Waals surface area (Å²) >= 11 is 0. The van der Waals surface area contributed by atoms with E-state index in [-0.39, 0.29) is 5.91 Å². The molecule has 2 aromatic carbocycles. The van der Waals surface area contributed by atoms with Gasteiger partial charge in [0.25, 0.3) is 5.91 Å². The van der Waals surface area contributed by atoms with Crippen LogP contribution >= 0.6 is 0 Å². The minimum atomic E-state index is -0.0455. The molecule has 0 aliphatic rings. The van der Waals surface area contributed by atoms with E-state index < -0.39 is 0 Å². The Bertz CT molecular complexity index is 1070. The summed E-state index contributed by atoms with van der Waals surface area (Å²) in [5.41, 5.74) is 9.91. The number of fused-ring (bicyclic) bond motifs is 3. The van der Waals surface area contributed by atoms with Gasteiger partial charge in [-0.25, -0.2) is 9.97 Å². The Morgan fingerprint density at radius 1 is 1.16 bits per heavy atom. The summed E-state index contributed by atoms with van der Waals surface area (Å²) in [5, 5.41) is 0. The van der Waals surface area contributed by atoms with Gasteiger partial charge in [0.2, 0.25) is 0 Å². The molecule has 25 heavy (non-hydrogen) atoms. The fraction of sp³-hybridized carbons (Fsp3) is 0.105. The molecule has 6 nitrogen and oxygen atoms in total. The molecule has 2 N–H and O–H groups in total. The second kappa shape index (κ2) is 5.90. The third-order valence-electron chi connectivity index (χ3n) is 4.23. The lowest BCUT2D eigenvalue weighted by atomic mass is 10.1. The predicted molar refractivity (Wildman–Crippen MR) is 97.1 cm³/mol. The number of anilines is 1. The molecule has 0 aliphatic heterocycles. The number of imidazole rings is 1. The van der Waals surface area contributed by atoms with Gasteiger partial charge in [0.1, 0.15) is 11.3 Å². The largest absolute Gasteiger partial charge is 0.382 e. The summed E-state index contributed by atoms with van der Waals surface area (Å²) in [6.45, 7) is 0.554. The molecule has 0 unspecified atom stereocenters. The quantitative estimate of drug-likeness (QED) is 0.626. The maximum atomic E-state index is 12.8. The van der Waals surface area contributed by atoms with E-state index in [1.807, 2.05) is 46.9 Å². The van der Waals surface area contributed by atoms with Crippen LogP contribution < -0.4 is 5.73 Å². The van der Waals surface area contributed by atoms with Crippen molar-refractivity contribution in [3.8, 4) is 0 Å². The summed E-state index contributed by atoms with van der Waals surface area (Å²) in [5.74, 6) is 0.376. The highest BCUT2D eigenvalue weighted by molar-refractivity contribution is 5.98. The average Bonchev–Trinajstić information content (AvgIpc) is 3.12. The molecule has 4 rings (SSSR count). The molecule has 0 atom stereocenters. The molecule has 0 fully saturated rings. The molecule has 0 bridgehead atoms. The predicted octanol–water partition coefficient (Wildman–Crippen LogP) is 2.74. The van der Waals surface area contributed by atoms with Gasteiger partial charge in [-0.1, -0.05) is 30.3 Å². The molecule has 1 amide bonds. The van der Waals surface area contributed by atoms with Gasteiger partial charge in [-0.15, -0.1) is 0 Å². The summed E-state index contributed by atoms with van der Waals surface area (Å²) in [6.07, 6.45) is 3.34. The highest BCUT2D eigenvalue weighted by Gasteiger charge is 2.14. The summed E-state index contributed by atoms with van der Waals surface area (Å²) in [7, 11) is 1.80. The fourth-order valence-electron chi connectivity index (χ4n) is 2.96. The Kier molecular flexibility index (Phi) is 3.57. The number of hydrogen-bond acceptors (Lipinski definition) is 4. The maximum Gasteiger partial charge on any atom is 0.253 e. The van der Waals surface area contributed by atoms with E-state index in [2.05, 4.69) is 9.97 Å². The zero-order valence-electron chi connectivity index (χ0n) is 13.8. The normalized spacial score (nSPS) is 11.1. The number of amides is 1. The molecule has 6 heteroatoms. The Hall–Kier alpha value is -3.41. The van der Waals surface area contributed by atoms with E-state index >= 15 is 0 Å². The number of carbonyl (C=O) groups is 1. The van der Waals surface area contributed by atoms with Gasteiger partial charge in [-0.3, -0.25) is 9.20 Å². The Morgan fingerprint density at radius 3 is 2.76 bits per heavy atom. The van der Waals surface area contributed by atoms with Crippen molar-refractivity contribution in [2.75, 3.05) is 12.8 Å². The van der Waals surface area contributed by atoms with E-state index in [9.17, 15) is 4.79 Å². The van der Waals surface area contributed by atoms with Crippen LogP contribution in [-0.2, 0) is 6.54 Å². The van der Waals surface area contributed by atoms with E-state index in [0.29, 0.717) is 17.9 Å². The fourth-order valence-corrected chi connectivity index (χ4v) is 2.96. The smallest absolute Gasteiger partial charge is 0.253 e. The lowest BCUT2D eigenvalue weighted by Gasteiger charge is -2.17. The van der Waals surface area contributed by atoms with Crippen LogP contribution in [0.1, 0.15) is 15.9 Å². The van der Waals surface area contributed by atoms with E-state index in [1.165, 1.54) is 0 Å². The van der Waals surface area contributed by atoms with Crippen LogP contribution in [0.15, 0.2) is 61.1 Å². The number of benzene rings is 2. The first-order valence-electron chi connectivity index (χ1n) is 7.94. The Morgan fingerprint density at radius 2 is 1.96 bits per heavy atom. The standard InChI is InChI=1S/C19H17N5O/c1-23(11-13-5-3-2-4-6-13)19(25)14-7-8-15-16(9-14)24-12-21-10-17(24)18(20)22-15/h2-10,12H,11H2,1H3,(H2,20,22). The van der Waals surface area contributed by atoms with Crippen LogP contribution in [0.25, 0.3) is 16.6 Å². The van der Waals surface area contributed by atoms with Crippen LogP contribution in [-0.4, -0.2) is 32.2 Å². The van der Waals surface area contributed by atoms with Crippen LogP contribution in [0.5, 0.6) is 0 Å². The molecule has 124 valence electrons. The van der Waals surface area contributed by atoms with Crippen LogP contribution in [0.4, 0.5) is 5.82 Å². The van der Waals surface area contributed by atoms with Crippen molar-refractivity contribution in [1.29, 1.82) is 0 Å². The summed E-state index contributed by atoms with van der Waals surface area (Å²) in [6, 6.07) is 15.3. The van der Waals surface area contributed by atoms with Crippen molar-refractivity contribution in [2.24, 2.45) is 0 Å². The first-order chi connectivity index (χ1) is 12.1. The number of hydrogen-bond donors (Lipinski definition) is 1. The zero-order valence-corrected chi connectivity index (χ0v) is 13.8. The minimum Gasteiger partial charge on any atom is -0.382 e. The van der Waals surface area contributed by atoms with Crippen molar-refractivity contribution < 1.29 is 4.79 Å². The number of aromatic nitrogens is 3. The number of nitrogens with zero attached hydrogens (tertiary/aromatic N) is 4. The van der Waals surface area contributed by atoms with Gasteiger partial charge in [0.15, 0.2) is 0 Å². The van der Waals surface area contributed by atoms with Crippen LogP contribution in [0, 0.1) is 0 Å². The lowest BCUT2D eigenvalue weighted by molar-refractivity contribution is 0.0785. The van der Waals surface area contributed by atoms with Crippen molar-refractivity contribution in [3.05, 3.63) is 72.2 Å². The van der Waals surface area contributed by atoms with E-state index in [4.69, 9.17) is 5.73 Å². The summed E-state index contributed by atoms with van der Waals surface area (Å²) < 4.78 is 1.85. The number of nitrogen functional groups attached to an aromatic ring is 1. The number of rotatable bonds is 3. The number of nitrogens with two attached hydrogens (primary N) is 1. The number of carbonyl (C=O) groups excluding carboxylic acids is 1. The molecule has 2 aromatic heterocycles. The molecule has 0 saturated heterocycles. The Balaban J connectivity index is 1.71. The van der Waals surface area contributed by atoms with Crippen LogP contribution in [0.2, 0.25) is 0 Å². The third-order valence-corrected chi connectivity index (χ3v) is 4.23. The maximum absolute atomic E-state index is 12.8. The van der Waals surface area contributed by atoms with Gasteiger partial charge in [0.05, 0.1) is 23.6 Å². The average molecular weight is 331 g/mol. The first kappa shape index (κ1) is 15.1. The highest BCUT2D eigenvalue weighted by atomic mass is 16.2. The topological polar surface area (TPSA) is 76.5 Å². The van der Waals surface area contributed by atoms with Crippen LogP contribution in [0.3, 0.4) is 0 Å². The molecule has 4 aromatic rings. The SMILES string of the molecule is CN(Cc1ccccc1)C(=O)c1ccc2nc(N)c3cncn3c2c1. The molecule has 2 heterocycles. The van der Waals surface area contributed by atoms with E-state index in [1.54, 1.807) is 30.5 Å². The third kappa shape index (κ3) is 2.67. The Labute approximate surface area is 144 Å².